The maximum Gasteiger partial charge on any atom is 0.410 e. The van der Waals surface area contributed by atoms with E-state index in [4.69, 9.17) is 19.4 Å². The van der Waals surface area contributed by atoms with Gasteiger partial charge in [-0.05, 0) is 45.6 Å². The molecule has 1 saturated heterocycles. The van der Waals surface area contributed by atoms with Crippen molar-refractivity contribution >= 4 is 34.7 Å². The highest BCUT2D eigenvalue weighted by molar-refractivity contribution is 5.95. The first-order valence-corrected chi connectivity index (χ1v) is 14.2. The fourth-order valence-corrected chi connectivity index (χ4v) is 5.53. The molecule has 5 rings (SSSR count). The number of carbonyl (C=O) groups excluding carboxylic acids is 2. The smallest absolute Gasteiger partial charge is 0.410 e. The molecule has 0 bridgehead atoms. The molecule has 0 saturated carbocycles. The summed E-state index contributed by atoms with van der Waals surface area (Å²) in [5, 5.41) is 22.0. The van der Waals surface area contributed by atoms with Gasteiger partial charge in [-0.1, -0.05) is 24.3 Å². The van der Waals surface area contributed by atoms with Gasteiger partial charge < -0.3 is 29.3 Å². The van der Waals surface area contributed by atoms with Crippen molar-refractivity contribution in [1.29, 1.82) is 5.26 Å². The van der Waals surface area contributed by atoms with Crippen molar-refractivity contribution in [2.75, 3.05) is 36.0 Å². The average molecular weight is 573 g/mol. The standard InChI is InChI=1S/C31H36N6O5/c1-20(19-38)41-29-33-26-18-35(27-16-23(39)15-21-7-5-6-8-24(21)27)12-10-25(26)28(34-29)36-13-14-37(22(17-36)9-11-32)30(40)42-31(2,3)4/h5-8,15-16,19-20,22,39H,9-10,12-14,17-18H2,1-4H3/t20?,22-/m0/s1. The second kappa shape index (κ2) is 11.7. The highest BCUT2D eigenvalue weighted by Gasteiger charge is 2.36. The van der Waals surface area contributed by atoms with Crippen LogP contribution in [0.3, 0.4) is 0 Å². The molecule has 1 fully saturated rings. The van der Waals surface area contributed by atoms with E-state index in [2.05, 4.69) is 15.9 Å². The monoisotopic (exact) mass is 572 g/mol. The summed E-state index contributed by atoms with van der Waals surface area (Å²) < 4.78 is 11.4. The molecule has 2 aromatic carbocycles. The fraction of sp³-hybridized carbons (Fsp3) is 0.452. The number of amides is 1. The average Bonchev–Trinajstić information content (AvgIpc) is 2.95. The van der Waals surface area contributed by atoms with Crippen molar-refractivity contribution < 1.29 is 24.2 Å². The molecule has 1 N–H and O–H groups in total. The van der Waals surface area contributed by atoms with Gasteiger partial charge in [-0.3, -0.25) is 4.79 Å². The van der Waals surface area contributed by atoms with Crippen molar-refractivity contribution in [3.63, 3.8) is 0 Å². The van der Waals surface area contributed by atoms with E-state index in [0.717, 1.165) is 27.7 Å². The van der Waals surface area contributed by atoms with Gasteiger partial charge in [0.2, 0.25) is 0 Å². The fourth-order valence-electron chi connectivity index (χ4n) is 5.53. The minimum atomic E-state index is -0.735. The van der Waals surface area contributed by atoms with E-state index in [1.54, 1.807) is 24.0 Å². The normalized spacial score (nSPS) is 17.8. The summed E-state index contributed by atoms with van der Waals surface area (Å²) in [5.74, 6) is 0.869. The number of hydrogen-bond acceptors (Lipinski definition) is 10. The Morgan fingerprint density at radius 1 is 1.19 bits per heavy atom. The number of ether oxygens (including phenoxy) is 2. The van der Waals surface area contributed by atoms with Crippen LogP contribution in [0.25, 0.3) is 10.8 Å². The van der Waals surface area contributed by atoms with Crippen LogP contribution in [0.1, 0.15) is 45.4 Å². The minimum Gasteiger partial charge on any atom is -0.508 e. The molecule has 3 heterocycles. The van der Waals surface area contributed by atoms with Crippen LogP contribution in [-0.4, -0.2) is 76.3 Å². The third kappa shape index (κ3) is 6.17. The number of rotatable bonds is 6. The number of nitrogens with zero attached hydrogens (tertiary/aromatic N) is 6. The molecule has 1 unspecified atom stereocenters. The Morgan fingerprint density at radius 3 is 2.71 bits per heavy atom. The lowest BCUT2D eigenvalue weighted by Crippen LogP contribution is -2.56. The molecule has 3 aromatic rings. The molecule has 0 aliphatic carbocycles. The quantitative estimate of drug-likeness (QED) is 0.429. The predicted molar refractivity (Wildman–Crippen MR) is 158 cm³/mol. The lowest BCUT2D eigenvalue weighted by atomic mass is 10.0. The van der Waals surface area contributed by atoms with Crippen LogP contribution in [0.4, 0.5) is 16.3 Å². The summed E-state index contributed by atoms with van der Waals surface area (Å²) in [6.45, 7) is 9.43. The molecule has 2 aliphatic rings. The Labute approximate surface area is 245 Å². The molecule has 2 atom stereocenters. The number of phenolic OH excluding ortho intramolecular Hbond substituents is 1. The predicted octanol–water partition coefficient (Wildman–Crippen LogP) is 4.20. The summed E-state index contributed by atoms with van der Waals surface area (Å²) in [6.07, 6.45) is 0.294. The van der Waals surface area contributed by atoms with Crippen LogP contribution < -0.4 is 14.5 Å². The van der Waals surface area contributed by atoms with Gasteiger partial charge in [-0.2, -0.15) is 15.2 Å². The number of benzene rings is 2. The van der Waals surface area contributed by atoms with Crippen LogP contribution in [0.15, 0.2) is 36.4 Å². The Balaban J connectivity index is 1.48. The van der Waals surface area contributed by atoms with E-state index in [0.29, 0.717) is 51.2 Å². The van der Waals surface area contributed by atoms with Gasteiger partial charge in [0.15, 0.2) is 12.4 Å². The zero-order chi connectivity index (χ0) is 30.0. The van der Waals surface area contributed by atoms with E-state index >= 15 is 0 Å². The summed E-state index contributed by atoms with van der Waals surface area (Å²) in [5.41, 5.74) is 1.98. The summed E-state index contributed by atoms with van der Waals surface area (Å²) in [6, 6.07) is 13.3. The molecule has 1 amide bonds. The van der Waals surface area contributed by atoms with E-state index in [1.165, 1.54) is 0 Å². The molecule has 11 heteroatoms. The number of fused-ring (bicyclic) bond motifs is 2. The molecule has 2 aliphatic heterocycles. The van der Waals surface area contributed by atoms with Crippen molar-refractivity contribution in [2.24, 2.45) is 0 Å². The molecule has 42 heavy (non-hydrogen) atoms. The van der Waals surface area contributed by atoms with Crippen LogP contribution in [0, 0.1) is 11.3 Å². The molecule has 1 aromatic heterocycles. The molecule has 220 valence electrons. The third-order valence-corrected chi connectivity index (χ3v) is 7.41. The van der Waals surface area contributed by atoms with Crippen LogP contribution >= 0.6 is 0 Å². The second-order valence-corrected chi connectivity index (χ2v) is 11.7. The Kier molecular flexibility index (Phi) is 8.07. The minimum absolute atomic E-state index is 0.0948. The number of aromatic nitrogens is 2. The summed E-state index contributed by atoms with van der Waals surface area (Å²) in [4.78, 5) is 39.7. The van der Waals surface area contributed by atoms with Crippen molar-refractivity contribution in [3.05, 3.63) is 47.7 Å². The molecular weight excluding hydrogens is 536 g/mol. The third-order valence-electron chi connectivity index (χ3n) is 7.41. The first kappa shape index (κ1) is 28.9. The number of nitriles is 1. The Morgan fingerprint density at radius 2 is 1.98 bits per heavy atom. The maximum atomic E-state index is 12.9. The van der Waals surface area contributed by atoms with Gasteiger partial charge in [0, 0.05) is 48.9 Å². The number of anilines is 2. The van der Waals surface area contributed by atoms with Gasteiger partial charge in [0.1, 0.15) is 17.2 Å². The number of carbonyl (C=O) groups is 2. The summed E-state index contributed by atoms with van der Waals surface area (Å²) in [7, 11) is 0. The number of aromatic hydroxyl groups is 1. The first-order chi connectivity index (χ1) is 20.1. The zero-order valence-corrected chi connectivity index (χ0v) is 24.4. The van der Waals surface area contributed by atoms with Crippen LogP contribution in [0.2, 0.25) is 0 Å². The largest absolute Gasteiger partial charge is 0.508 e. The van der Waals surface area contributed by atoms with Gasteiger partial charge >= 0.3 is 12.1 Å². The van der Waals surface area contributed by atoms with Crippen molar-refractivity contribution in [3.8, 4) is 17.8 Å². The maximum absolute atomic E-state index is 12.9. The van der Waals surface area contributed by atoms with Crippen LogP contribution in [0.5, 0.6) is 11.8 Å². The highest BCUT2D eigenvalue weighted by atomic mass is 16.6. The Hall–Kier alpha value is -4.59. The molecule has 11 nitrogen and oxygen atoms in total. The first-order valence-electron chi connectivity index (χ1n) is 14.2. The zero-order valence-electron chi connectivity index (χ0n) is 24.4. The Bertz CT molecular complexity index is 1530. The molecule has 0 radical (unpaired) electrons. The van der Waals surface area contributed by atoms with Crippen molar-refractivity contribution in [1.82, 2.24) is 14.9 Å². The molecule has 0 spiro atoms. The van der Waals surface area contributed by atoms with E-state index in [-0.39, 0.29) is 24.2 Å². The van der Waals surface area contributed by atoms with E-state index < -0.39 is 17.8 Å². The van der Waals surface area contributed by atoms with E-state index in [1.807, 2.05) is 45.0 Å². The van der Waals surface area contributed by atoms with Gasteiger partial charge in [0.25, 0.3) is 0 Å². The lowest BCUT2D eigenvalue weighted by molar-refractivity contribution is -0.113. The van der Waals surface area contributed by atoms with Gasteiger partial charge in [0.05, 0.1) is 30.8 Å². The molecular formula is C31H36N6O5. The summed E-state index contributed by atoms with van der Waals surface area (Å²) >= 11 is 0. The topological polar surface area (TPSA) is 132 Å². The highest BCUT2D eigenvalue weighted by Crippen LogP contribution is 2.37. The number of hydrogen-bond donors (Lipinski definition) is 1. The number of phenols is 1. The second-order valence-electron chi connectivity index (χ2n) is 11.7. The number of piperazine rings is 1. The lowest BCUT2D eigenvalue weighted by Gasteiger charge is -2.42. The SMILES string of the molecule is CC(C=O)Oc1nc2c(c(N3CCN(C(=O)OC(C)(C)C)[C@@H](CC#N)C3)n1)CCN(c1cc(O)cc3ccccc13)C2. The van der Waals surface area contributed by atoms with Crippen LogP contribution in [-0.2, 0) is 22.5 Å². The number of aldehydes is 1. The van der Waals surface area contributed by atoms with Crippen molar-refractivity contribution in [2.45, 2.75) is 64.8 Å². The van der Waals surface area contributed by atoms with Gasteiger partial charge in [-0.15, -0.1) is 0 Å². The van der Waals surface area contributed by atoms with Gasteiger partial charge in [-0.25, -0.2) is 4.79 Å². The van der Waals surface area contributed by atoms with E-state index in [9.17, 15) is 20.0 Å².